The summed E-state index contributed by atoms with van der Waals surface area (Å²) in [5.74, 6) is -1.27. The third kappa shape index (κ3) is 4.14. The van der Waals surface area contributed by atoms with E-state index in [0.29, 0.717) is 6.42 Å². The molecule has 15 heavy (non-hydrogen) atoms. The van der Waals surface area contributed by atoms with E-state index < -0.39 is 17.4 Å². The first-order valence-electron chi connectivity index (χ1n) is 4.99. The Morgan fingerprint density at radius 3 is 2.40 bits per heavy atom. The van der Waals surface area contributed by atoms with Crippen molar-refractivity contribution in [1.82, 2.24) is 5.32 Å². The summed E-state index contributed by atoms with van der Waals surface area (Å²) in [5.41, 5.74) is -0.533. The van der Waals surface area contributed by atoms with E-state index in [9.17, 15) is 9.59 Å². The van der Waals surface area contributed by atoms with Gasteiger partial charge in [0.2, 0.25) is 5.91 Å². The van der Waals surface area contributed by atoms with Gasteiger partial charge in [-0.05, 0) is 12.8 Å². The van der Waals surface area contributed by atoms with Gasteiger partial charge >= 0.3 is 5.97 Å². The average Bonchev–Trinajstić information content (AvgIpc) is 2.16. The van der Waals surface area contributed by atoms with Gasteiger partial charge in [0.1, 0.15) is 6.04 Å². The average molecular weight is 213 g/mol. The predicted octanol–water partition coefficient (Wildman–Crippen LogP) is 1.57. The van der Waals surface area contributed by atoms with Crippen LogP contribution in [-0.2, 0) is 9.59 Å². The molecule has 0 saturated heterocycles. The van der Waals surface area contributed by atoms with E-state index in [1.165, 1.54) is 6.08 Å². The number of carbonyl (C=O) groups excluding carboxylic acids is 1. The Morgan fingerprint density at radius 1 is 1.53 bits per heavy atom. The standard InChI is InChI=1S/C11H19NO3/c1-5-7-8(9(13)14)12-10(15)11(3,4)6-2/h5,8H,1,6-7H2,2-4H3,(H,12,15)(H,13,14). The van der Waals surface area contributed by atoms with Crippen molar-refractivity contribution in [1.29, 1.82) is 0 Å². The van der Waals surface area contributed by atoms with Gasteiger partial charge in [-0.3, -0.25) is 4.79 Å². The molecule has 1 unspecified atom stereocenters. The Bertz CT molecular complexity index is 259. The topological polar surface area (TPSA) is 66.4 Å². The second kappa shape index (κ2) is 5.53. The lowest BCUT2D eigenvalue weighted by Crippen LogP contribution is -2.46. The van der Waals surface area contributed by atoms with Gasteiger partial charge in [-0.25, -0.2) is 4.79 Å². The first-order chi connectivity index (χ1) is 6.85. The number of carboxylic acid groups (broad SMARTS) is 1. The Morgan fingerprint density at radius 2 is 2.07 bits per heavy atom. The summed E-state index contributed by atoms with van der Waals surface area (Å²) >= 11 is 0. The van der Waals surface area contributed by atoms with Crippen molar-refractivity contribution in [3.63, 3.8) is 0 Å². The van der Waals surface area contributed by atoms with Gasteiger partial charge in [-0.15, -0.1) is 6.58 Å². The number of aliphatic carboxylic acids is 1. The molecule has 2 N–H and O–H groups in total. The quantitative estimate of drug-likeness (QED) is 0.658. The van der Waals surface area contributed by atoms with Crippen LogP contribution in [0.5, 0.6) is 0 Å². The highest BCUT2D eigenvalue weighted by molar-refractivity contribution is 5.86. The zero-order valence-corrected chi connectivity index (χ0v) is 9.54. The normalized spacial score (nSPS) is 13.0. The van der Waals surface area contributed by atoms with Gasteiger partial charge < -0.3 is 10.4 Å². The van der Waals surface area contributed by atoms with Crippen LogP contribution in [0.1, 0.15) is 33.6 Å². The monoisotopic (exact) mass is 213 g/mol. The third-order valence-corrected chi connectivity index (χ3v) is 2.50. The number of carboxylic acids is 1. The number of hydrogen-bond acceptors (Lipinski definition) is 2. The number of carbonyl (C=O) groups is 2. The largest absolute Gasteiger partial charge is 0.480 e. The molecule has 0 aromatic rings. The smallest absolute Gasteiger partial charge is 0.326 e. The number of hydrogen-bond donors (Lipinski definition) is 2. The van der Waals surface area contributed by atoms with Crippen LogP contribution < -0.4 is 5.32 Å². The lowest BCUT2D eigenvalue weighted by Gasteiger charge is -2.24. The maximum absolute atomic E-state index is 11.7. The van der Waals surface area contributed by atoms with E-state index in [2.05, 4.69) is 11.9 Å². The highest BCUT2D eigenvalue weighted by Gasteiger charge is 2.29. The summed E-state index contributed by atoms with van der Waals surface area (Å²) in [5, 5.41) is 11.3. The molecule has 0 aromatic heterocycles. The van der Waals surface area contributed by atoms with Crippen LogP contribution in [0.15, 0.2) is 12.7 Å². The molecule has 0 heterocycles. The molecule has 0 bridgehead atoms. The van der Waals surface area contributed by atoms with E-state index in [0.717, 1.165) is 0 Å². The molecule has 0 aliphatic carbocycles. The van der Waals surface area contributed by atoms with Crippen LogP contribution >= 0.6 is 0 Å². The lowest BCUT2D eigenvalue weighted by atomic mass is 9.89. The lowest BCUT2D eigenvalue weighted by molar-refractivity contribution is -0.143. The van der Waals surface area contributed by atoms with E-state index >= 15 is 0 Å². The minimum atomic E-state index is -1.03. The zero-order chi connectivity index (χ0) is 12.1. The highest BCUT2D eigenvalue weighted by Crippen LogP contribution is 2.19. The van der Waals surface area contributed by atoms with Crippen molar-refractivity contribution in [3.8, 4) is 0 Å². The maximum Gasteiger partial charge on any atom is 0.326 e. The van der Waals surface area contributed by atoms with E-state index in [1.807, 2.05) is 6.92 Å². The van der Waals surface area contributed by atoms with Crippen LogP contribution in [0.3, 0.4) is 0 Å². The summed E-state index contributed by atoms with van der Waals surface area (Å²) in [6.07, 6.45) is 2.39. The molecule has 0 aromatic carbocycles. The Labute approximate surface area is 90.4 Å². The van der Waals surface area contributed by atoms with E-state index in [4.69, 9.17) is 5.11 Å². The van der Waals surface area contributed by atoms with Gasteiger partial charge in [0.15, 0.2) is 0 Å². The third-order valence-electron chi connectivity index (χ3n) is 2.50. The Balaban J connectivity index is 4.48. The second-order valence-corrected chi connectivity index (χ2v) is 4.13. The van der Waals surface area contributed by atoms with Crippen molar-refractivity contribution < 1.29 is 14.7 Å². The molecule has 0 saturated carbocycles. The zero-order valence-electron chi connectivity index (χ0n) is 9.54. The molecular weight excluding hydrogens is 194 g/mol. The van der Waals surface area contributed by atoms with Gasteiger partial charge in [-0.2, -0.15) is 0 Å². The fourth-order valence-corrected chi connectivity index (χ4v) is 0.902. The molecule has 86 valence electrons. The Kier molecular flexibility index (Phi) is 5.05. The second-order valence-electron chi connectivity index (χ2n) is 4.13. The van der Waals surface area contributed by atoms with E-state index in [-0.39, 0.29) is 12.3 Å². The number of rotatable bonds is 6. The van der Waals surface area contributed by atoms with Gasteiger partial charge in [0.25, 0.3) is 0 Å². The van der Waals surface area contributed by atoms with Crippen LogP contribution in [0.4, 0.5) is 0 Å². The fourth-order valence-electron chi connectivity index (χ4n) is 0.902. The van der Waals surface area contributed by atoms with Crippen LogP contribution in [0, 0.1) is 5.41 Å². The van der Waals surface area contributed by atoms with Crippen molar-refractivity contribution >= 4 is 11.9 Å². The fraction of sp³-hybridized carbons (Fsp3) is 0.636. The van der Waals surface area contributed by atoms with Crippen LogP contribution in [-0.4, -0.2) is 23.0 Å². The van der Waals surface area contributed by atoms with Crippen molar-refractivity contribution in [3.05, 3.63) is 12.7 Å². The van der Waals surface area contributed by atoms with Crippen LogP contribution in [0.2, 0.25) is 0 Å². The first kappa shape index (κ1) is 13.7. The predicted molar refractivity (Wildman–Crippen MR) is 58.5 cm³/mol. The molecule has 0 aliphatic heterocycles. The molecule has 1 amide bonds. The number of nitrogens with one attached hydrogen (secondary N) is 1. The molecule has 4 nitrogen and oxygen atoms in total. The molecule has 0 fully saturated rings. The summed E-state index contributed by atoms with van der Waals surface area (Å²) in [4.78, 5) is 22.5. The maximum atomic E-state index is 11.7. The van der Waals surface area contributed by atoms with Crippen molar-refractivity contribution in [2.75, 3.05) is 0 Å². The van der Waals surface area contributed by atoms with Gasteiger partial charge in [-0.1, -0.05) is 26.8 Å². The highest BCUT2D eigenvalue weighted by atomic mass is 16.4. The Hall–Kier alpha value is -1.32. The summed E-state index contributed by atoms with van der Waals surface area (Å²) < 4.78 is 0. The number of amides is 1. The van der Waals surface area contributed by atoms with Crippen molar-refractivity contribution in [2.45, 2.75) is 39.7 Å². The summed E-state index contributed by atoms with van der Waals surface area (Å²) in [6.45, 7) is 8.92. The van der Waals surface area contributed by atoms with Gasteiger partial charge in [0, 0.05) is 5.41 Å². The minimum absolute atomic E-state index is 0.237. The summed E-state index contributed by atoms with van der Waals surface area (Å²) in [6, 6.07) is -0.874. The first-order valence-corrected chi connectivity index (χ1v) is 4.99. The molecule has 0 rings (SSSR count). The van der Waals surface area contributed by atoms with Crippen molar-refractivity contribution in [2.24, 2.45) is 5.41 Å². The SMILES string of the molecule is C=CCC(NC(=O)C(C)(C)CC)C(=O)O. The molecule has 0 spiro atoms. The molecule has 1 atom stereocenters. The molecular formula is C11H19NO3. The molecule has 0 radical (unpaired) electrons. The van der Waals surface area contributed by atoms with Gasteiger partial charge in [0.05, 0.1) is 0 Å². The summed E-state index contributed by atoms with van der Waals surface area (Å²) in [7, 11) is 0. The molecule has 0 aliphatic rings. The van der Waals surface area contributed by atoms with E-state index in [1.54, 1.807) is 13.8 Å². The van der Waals surface area contributed by atoms with Crippen LogP contribution in [0.25, 0.3) is 0 Å². The minimum Gasteiger partial charge on any atom is -0.480 e. The molecule has 4 heteroatoms.